The van der Waals surface area contributed by atoms with Crippen molar-refractivity contribution in [2.45, 2.75) is 38.6 Å². The summed E-state index contributed by atoms with van der Waals surface area (Å²) in [6.07, 6.45) is 4.03. The molecule has 0 atom stereocenters. The zero-order valence-electron chi connectivity index (χ0n) is 13.7. The van der Waals surface area contributed by atoms with Crippen molar-refractivity contribution in [3.8, 4) is 0 Å². The van der Waals surface area contributed by atoms with Crippen molar-refractivity contribution >= 4 is 0 Å². The molecule has 3 aliphatic rings. The molecule has 114 valence electrons. The fourth-order valence-electron chi connectivity index (χ4n) is 4.64. The van der Waals surface area contributed by atoms with Gasteiger partial charge in [0.2, 0.25) is 0 Å². The molecule has 0 spiro atoms. The molecule has 5 rings (SSSR count). The molecule has 0 radical (unpaired) electrons. The van der Waals surface area contributed by atoms with E-state index < -0.39 is 0 Å². The normalized spacial score (nSPS) is 26.1. The molecule has 3 saturated heterocycles. The van der Waals surface area contributed by atoms with E-state index in [-0.39, 0.29) is 5.54 Å². The Labute approximate surface area is 134 Å². The highest BCUT2D eigenvalue weighted by Gasteiger charge is 2.48. The molecule has 0 saturated carbocycles. The van der Waals surface area contributed by atoms with Crippen LogP contribution in [-0.4, -0.2) is 18.0 Å². The Kier molecular flexibility index (Phi) is 3.34. The molecule has 1 nitrogen and oxygen atoms in total. The fraction of sp³-hybridized carbons (Fsp3) is 0.429. The molecular formula is C21H25N. The van der Waals surface area contributed by atoms with Gasteiger partial charge in [-0.05, 0) is 63.2 Å². The van der Waals surface area contributed by atoms with Crippen LogP contribution in [0.15, 0.2) is 48.5 Å². The molecule has 2 aromatic carbocycles. The van der Waals surface area contributed by atoms with E-state index in [0.717, 1.165) is 5.92 Å². The van der Waals surface area contributed by atoms with Gasteiger partial charge in [0.15, 0.2) is 0 Å². The molecule has 0 aromatic heterocycles. The summed E-state index contributed by atoms with van der Waals surface area (Å²) in [4.78, 5) is 2.75. The van der Waals surface area contributed by atoms with Crippen LogP contribution in [0.2, 0.25) is 0 Å². The van der Waals surface area contributed by atoms with Gasteiger partial charge in [-0.15, -0.1) is 0 Å². The van der Waals surface area contributed by atoms with Crippen molar-refractivity contribution in [2.75, 3.05) is 13.1 Å². The standard InChI is InChI=1S/C21H25N/c1-16-5-3-7-19(13-16)21(20-8-4-6-17(2)14-20)15-18-9-11-22(21)12-10-18/h3-8,13-14,18H,9-12,15H2,1-2H3. The number of piperidine rings is 3. The summed E-state index contributed by atoms with van der Waals surface area (Å²) in [5.74, 6) is 0.881. The smallest absolute Gasteiger partial charge is 0.0718 e. The van der Waals surface area contributed by atoms with E-state index in [4.69, 9.17) is 0 Å². The molecular weight excluding hydrogens is 266 g/mol. The number of hydrogen-bond donors (Lipinski definition) is 0. The average molecular weight is 291 g/mol. The van der Waals surface area contributed by atoms with E-state index >= 15 is 0 Å². The van der Waals surface area contributed by atoms with Gasteiger partial charge in [0, 0.05) is 0 Å². The first-order valence-corrected chi connectivity index (χ1v) is 8.58. The zero-order chi connectivity index (χ0) is 15.2. The van der Waals surface area contributed by atoms with Crippen LogP contribution in [0.4, 0.5) is 0 Å². The van der Waals surface area contributed by atoms with Gasteiger partial charge < -0.3 is 0 Å². The third-order valence-corrected chi connectivity index (χ3v) is 5.73. The first-order valence-electron chi connectivity index (χ1n) is 8.58. The van der Waals surface area contributed by atoms with Crippen molar-refractivity contribution in [1.29, 1.82) is 0 Å². The van der Waals surface area contributed by atoms with Gasteiger partial charge in [-0.25, -0.2) is 0 Å². The van der Waals surface area contributed by atoms with Crippen LogP contribution < -0.4 is 0 Å². The second kappa shape index (κ2) is 5.24. The van der Waals surface area contributed by atoms with Gasteiger partial charge in [-0.2, -0.15) is 0 Å². The molecule has 2 aromatic rings. The van der Waals surface area contributed by atoms with Crippen LogP contribution in [0.5, 0.6) is 0 Å². The Morgan fingerprint density at radius 1 is 0.864 bits per heavy atom. The molecule has 0 amide bonds. The summed E-state index contributed by atoms with van der Waals surface area (Å²) < 4.78 is 0. The van der Waals surface area contributed by atoms with Crippen molar-refractivity contribution in [3.05, 3.63) is 70.8 Å². The number of benzene rings is 2. The third kappa shape index (κ3) is 2.11. The monoisotopic (exact) mass is 291 g/mol. The van der Waals surface area contributed by atoms with Crippen molar-refractivity contribution in [2.24, 2.45) is 5.92 Å². The molecule has 0 aliphatic carbocycles. The molecule has 2 bridgehead atoms. The fourth-order valence-corrected chi connectivity index (χ4v) is 4.64. The van der Waals surface area contributed by atoms with E-state index in [1.807, 2.05) is 0 Å². The summed E-state index contributed by atoms with van der Waals surface area (Å²) in [5, 5.41) is 0. The zero-order valence-corrected chi connectivity index (χ0v) is 13.7. The molecule has 1 heteroatoms. The number of hydrogen-bond acceptors (Lipinski definition) is 1. The first-order chi connectivity index (χ1) is 10.7. The summed E-state index contributed by atoms with van der Waals surface area (Å²) in [6, 6.07) is 18.4. The topological polar surface area (TPSA) is 3.24 Å². The molecule has 3 fully saturated rings. The van der Waals surface area contributed by atoms with E-state index in [1.54, 1.807) is 0 Å². The highest BCUT2D eigenvalue weighted by atomic mass is 15.2. The van der Waals surface area contributed by atoms with Crippen molar-refractivity contribution in [1.82, 2.24) is 4.90 Å². The highest BCUT2D eigenvalue weighted by molar-refractivity contribution is 5.42. The minimum Gasteiger partial charge on any atom is -0.290 e. The van der Waals surface area contributed by atoms with Crippen LogP contribution >= 0.6 is 0 Å². The average Bonchev–Trinajstić information content (AvgIpc) is 2.55. The van der Waals surface area contributed by atoms with E-state index in [1.165, 1.54) is 54.6 Å². The van der Waals surface area contributed by atoms with Crippen LogP contribution in [-0.2, 0) is 5.54 Å². The maximum Gasteiger partial charge on any atom is 0.0718 e. The minimum absolute atomic E-state index is 0.0964. The van der Waals surface area contributed by atoms with Crippen LogP contribution in [0, 0.1) is 19.8 Å². The maximum absolute atomic E-state index is 2.75. The van der Waals surface area contributed by atoms with Crippen LogP contribution in [0.25, 0.3) is 0 Å². The lowest BCUT2D eigenvalue weighted by Gasteiger charge is -2.55. The number of fused-ring (bicyclic) bond motifs is 3. The molecule has 0 N–H and O–H groups in total. The lowest BCUT2D eigenvalue weighted by atomic mass is 9.67. The van der Waals surface area contributed by atoms with E-state index in [0.29, 0.717) is 0 Å². The van der Waals surface area contributed by atoms with Gasteiger partial charge in [-0.3, -0.25) is 4.90 Å². The number of rotatable bonds is 2. The summed E-state index contributed by atoms with van der Waals surface area (Å²) in [7, 11) is 0. The Hall–Kier alpha value is -1.60. The van der Waals surface area contributed by atoms with Crippen LogP contribution in [0.1, 0.15) is 41.5 Å². The first kappa shape index (κ1) is 14.0. The predicted molar refractivity (Wildman–Crippen MR) is 92.1 cm³/mol. The predicted octanol–water partition coefficient (Wildman–Crippen LogP) is 4.66. The lowest BCUT2D eigenvalue weighted by Crippen LogP contribution is -2.57. The lowest BCUT2D eigenvalue weighted by molar-refractivity contribution is -0.00699. The van der Waals surface area contributed by atoms with Gasteiger partial charge in [-0.1, -0.05) is 59.7 Å². The second-order valence-corrected chi connectivity index (χ2v) is 7.23. The van der Waals surface area contributed by atoms with Gasteiger partial charge in [0.05, 0.1) is 5.54 Å². The van der Waals surface area contributed by atoms with E-state index in [2.05, 4.69) is 67.3 Å². The highest BCUT2D eigenvalue weighted by Crippen LogP contribution is 2.49. The molecule has 22 heavy (non-hydrogen) atoms. The quantitative estimate of drug-likeness (QED) is 0.777. The molecule has 3 aliphatic heterocycles. The summed E-state index contributed by atoms with van der Waals surface area (Å²) >= 11 is 0. The Morgan fingerprint density at radius 3 is 1.82 bits per heavy atom. The SMILES string of the molecule is Cc1cccc(C2(c3cccc(C)c3)CC3CCN2CC3)c1. The van der Waals surface area contributed by atoms with Gasteiger partial charge >= 0.3 is 0 Å². The molecule has 0 unspecified atom stereocenters. The van der Waals surface area contributed by atoms with Crippen LogP contribution in [0.3, 0.4) is 0 Å². The second-order valence-electron chi connectivity index (χ2n) is 7.23. The third-order valence-electron chi connectivity index (χ3n) is 5.73. The van der Waals surface area contributed by atoms with Gasteiger partial charge in [0.25, 0.3) is 0 Å². The Morgan fingerprint density at radius 2 is 1.41 bits per heavy atom. The van der Waals surface area contributed by atoms with Crippen molar-refractivity contribution in [3.63, 3.8) is 0 Å². The van der Waals surface area contributed by atoms with Gasteiger partial charge in [0.1, 0.15) is 0 Å². The van der Waals surface area contributed by atoms with Crippen molar-refractivity contribution < 1.29 is 0 Å². The number of nitrogens with zero attached hydrogens (tertiary/aromatic N) is 1. The Balaban J connectivity index is 1.92. The largest absolute Gasteiger partial charge is 0.290 e. The summed E-state index contributed by atoms with van der Waals surface area (Å²) in [6.45, 7) is 6.91. The van der Waals surface area contributed by atoms with E-state index in [9.17, 15) is 0 Å². The minimum atomic E-state index is 0.0964. The number of aryl methyl sites for hydroxylation is 2. The maximum atomic E-state index is 2.75. The Bertz CT molecular complexity index is 634. The molecule has 3 heterocycles. The summed E-state index contributed by atoms with van der Waals surface area (Å²) in [5.41, 5.74) is 5.81.